The SMILES string of the molecule is CC1(C)c2cc(-n3c4ccccc4c4cc(-c5ccc6c7ccccc7n(-c7ccc8oc9ccccc9c8c7)c6c5)ccc43)ccc2-c2c1ccc1c2oc2ccccc21.CC1(C)c2cc(-n3c4ccccc4c4ccc(-c5ccc6c(c5)c5ccccc5n6-c5ccc6oc7ccccc7c6c5)cc43)ccc2-c2c1ccc1c2oc2ccccc21. The number of hydrogen-bond donors (Lipinski definition) is 0. The number of hydrogen-bond acceptors (Lipinski definition) is 4. The first kappa shape index (κ1) is 67.4. The molecular weight excluding hydrogens is 1490 g/mol. The number of rotatable bonds is 6. The van der Waals surface area contributed by atoms with Crippen LogP contribution in [0.1, 0.15) is 49.9 Å². The van der Waals surface area contributed by atoms with Crippen molar-refractivity contribution in [1.29, 1.82) is 0 Å². The molecule has 0 N–H and O–H groups in total. The molecule has 0 bridgehead atoms. The van der Waals surface area contributed by atoms with E-state index in [2.05, 4.69) is 380 Å². The maximum Gasteiger partial charge on any atom is 0.143 e. The summed E-state index contributed by atoms with van der Waals surface area (Å²) in [5.74, 6) is 0. The molecule has 0 radical (unpaired) electrons. The molecule has 2 aliphatic carbocycles. The van der Waals surface area contributed by atoms with Crippen molar-refractivity contribution in [3.8, 4) is 67.3 Å². The van der Waals surface area contributed by atoms with Gasteiger partial charge in [0.25, 0.3) is 0 Å². The van der Waals surface area contributed by atoms with Gasteiger partial charge in [0.05, 0.1) is 44.1 Å². The molecule has 0 fully saturated rings. The minimum atomic E-state index is -0.204. The molecule has 8 heterocycles. The Kier molecular flexibility index (Phi) is 13.5. The van der Waals surface area contributed by atoms with E-state index in [4.69, 9.17) is 17.7 Å². The maximum absolute atomic E-state index is 6.61. The molecule has 0 unspecified atom stereocenters. The molecule has 8 aromatic heterocycles. The Morgan fingerprint density at radius 3 is 0.861 bits per heavy atom. The van der Waals surface area contributed by atoms with E-state index in [0.29, 0.717) is 0 Å². The van der Waals surface area contributed by atoms with Crippen molar-refractivity contribution < 1.29 is 17.7 Å². The first-order chi connectivity index (χ1) is 60.0. The highest BCUT2D eigenvalue weighted by molar-refractivity contribution is 6.19. The van der Waals surface area contributed by atoms with Gasteiger partial charge in [0.15, 0.2) is 0 Å². The quantitative estimate of drug-likeness (QED) is 0.166. The topological polar surface area (TPSA) is 72.3 Å². The van der Waals surface area contributed by atoms with Crippen LogP contribution in [0.4, 0.5) is 0 Å². The summed E-state index contributed by atoms with van der Waals surface area (Å²) in [7, 11) is 0. The van der Waals surface area contributed by atoms with Gasteiger partial charge in [0.1, 0.15) is 44.7 Å². The fourth-order valence-corrected chi connectivity index (χ4v) is 21.7. The fourth-order valence-electron chi connectivity index (χ4n) is 21.7. The van der Waals surface area contributed by atoms with Crippen LogP contribution < -0.4 is 0 Å². The van der Waals surface area contributed by atoms with Gasteiger partial charge in [-0.3, -0.25) is 0 Å². The molecule has 2 aliphatic rings. The predicted octanol–water partition coefficient (Wildman–Crippen LogP) is 31.3. The smallest absolute Gasteiger partial charge is 0.143 e. The summed E-state index contributed by atoms with van der Waals surface area (Å²) in [4.78, 5) is 0. The van der Waals surface area contributed by atoms with Crippen LogP contribution in [0.3, 0.4) is 0 Å². The van der Waals surface area contributed by atoms with Gasteiger partial charge >= 0.3 is 0 Å². The number of benzene rings is 18. The molecule has 28 rings (SSSR count). The number of aromatic nitrogens is 4. The van der Waals surface area contributed by atoms with E-state index in [9.17, 15) is 0 Å². The molecule has 0 spiro atoms. The summed E-state index contributed by atoms with van der Waals surface area (Å²) >= 11 is 0. The molecule has 0 aliphatic heterocycles. The van der Waals surface area contributed by atoms with Gasteiger partial charge in [0.2, 0.25) is 0 Å². The fraction of sp³-hybridized carbons (Fsp3) is 0.0526. The Labute approximate surface area is 698 Å². The average Bonchev–Trinajstić information content (AvgIpc) is 1.54. The van der Waals surface area contributed by atoms with Crippen molar-refractivity contribution in [2.24, 2.45) is 0 Å². The van der Waals surface area contributed by atoms with E-state index in [1.807, 2.05) is 30.3 Å². The Morgan fingerprint density at radius 2 is 0.459 bits per heavy atom. The molecule has 18 aromatic carbocycles. The van der Waals surface area contributed by atoms with Crippen LogP contribution in [-0.4, -0.2) is 18.3 Å². The van der Waals surface area contributed by atoms with Crippen molar-refractivity contribution in [3.05, 3.63) is 386 Å². The van der Waals surface area contributed by atoms with Crippen LogP contribution in [0.15, 0.2) is 382 Å². The molecule has 26 aromatic rings. The zero-order chi connectivity index (χ0) is 80.3. The predicted molar refractivity (Wildman–Crippen MR) is 505 cm³/mol. The van der Waals surface area contributed by atoms with E-state index in [-0.39, 0.29) is 10.8 Å². The average molecular weight is 1560 g/mol. The second-order valence-corrected chi connectivity index (χ2v) is 34.5. The van der Waals surface area contributed by atoms with Gasteiger partial charge in [0, 0.05) is 131 Å². The summed E-state index contributed by atoms with van der Waals surface area (Å²) < 4.78 is 35.3. The van der Waals surface area contributed by atoms with Gasteiger partial charge in [-0.05, 0) is 201 Å². The van der Waals surface area contributed by atoms with Crippen LogP contribution in [0.5, 0.6) is 0 Å². The molecule has 0 amide bonds. The number of furan rings is 4. The minimum absolute atomic E-state index is 0.195. The molecule has 0 atom stereocenters. The van der Waals surface area contributed by atoms with E-state index in [1.165, 1.54) is 165 Å². The summed E-state index contributed by atoms with van der Waals surface area (Å²) in [6.45, 7) is 9.40. The minimum Gasteiger partial charge on any atom is -0.456 e. The van der Waals surface area contributed by atoms with E-state index >= 15 is 0 Å². The van der Waals surface area contributed by atoms with E-state index < -0.39 is 0 Å². The largest absolute Gasteiger partial charge is 0.456 e. The second-order valence-electron chi connectivity index (χ2n) is 34.5. The Balaban J connectivity index is 0.000000128. The van der Waals surface area contributed by atoms with Crippen LogP contribution >= 0.6 is 0 Å². The summed E-state index contributed by atoms with van der Waals surface area (Å²) in [6.07, 6.45) is 0. The third-order valence-corrected chi connectivity index (χ3v) is 27.4. The highest BCUT2D eigenvalue weighted by atomic mass is 16.3. The lowest BCUT2D eigenvalue weighted by molar-refractivity contribution is 0.653. The molecule has 0 saturated carbocycles. The van der Waals surface area contributed by atoms with Crippen LogP contribution in [0.25, 0.3) is 242 Å². The normalized spacial score (nSPS) is 13.5. The van der Waals surface area contributed by atoms with Crippen molar-refractivity contribution in [2.75, 3.05) is 0 Å². The lowest BCUT2D eigenvalue weighted by Gasteiger charge is -2.22. The van der Waals surface area contributed by atoms with E-state index in [0.717, 1.165) is 99.7 Å². The van der Waals surface area contributed by atoms with Crippen molar-refractivity contribution >= 4 is 175 Å². The molecular formula is C114H72N4O4. The summed E-state index contributed by atoms with van der Waals surface area (Å²) in [5, 5.41) is 19.1. The lowest BCUT2D eigenvalue weighted by atomic mass is 9.82. The zero-order valence-electron chi connectivity index (χ0n) is 67.1. The first-order valence-electron chi connectivity index (χ1n) is 42.2. The number of fused-ring (bicyclic) bond motifs is 32. The van der Waals surface area contributed by atoms with Crippen molar-refractivity contribution in [2.45, 2.75) is 38.5 Å². The lowest BCUT2D eigenvalue weighted by Crippen LogP contribution is -2.15. The van der Waals surface area contributed by atoms with Gasteiger partial charge in [-0.2, -0.15) is 0 Å². The highest BCUT2D eigenvalue weighted by Crippen LogP contribution is 2.56. The Morgan fingerprint density at radius 1 is 0.180 bits per heavy atom. The highest BCUT2D eigenvalue weighted by Gasteiger charge is 2.40. The Hall–Kier alpha value is -15.6. The van der Waals surface area contributed by atoms with Crippen molar-refractivity contribution in [1.82, 2.24) is 18.3 Å². The molecule has 0 saturated heterocycles. The first-order valence-corrected chi connectivity index (χ1v) is 42.2. The van der Waals surface area contributed by atoms with Crippen LogP contribution in [0, 0.1) is 0 Å². The number of para-hydroxylation sites is 8. The van der Waals surface area contributed by atoms with Gasteiger partial charge in [-0.15, -0.1) is 0 Å². The van der Waals surface area contributed by atoms with Crippen molar-refractivity contribution in [3.63, 3.8) is 0 Å². The zero-order valence-corrected chi connectivity index (χ0v) is 67.1. The van der Waals surface area contributed by atoms with Crippen LogP contribution in [-0.2, 0) is 10.8 Å². The van der Waals surface area contributed by atoms with Gasteiger partial charge < -0.3 is 35.9 Å². The Bertz CT molecular complexity index is 9120. The monoisotopic (exact) mass is 1560 g/mol. The molecule has 8 nitrogen and oxygen atoms in total. The van der Waals surface area contributed by atoms with Gasteiger partial charge in [-0.1, -0.05) is 246 Å². The summed E-state index contributed by atoms with van der Waals surface area (Å²) in [6, 6.07) is 133. The van der Waals surface area contributed by atoms with Gasteiger partial charge in [-0.25, -0.2) is 0 Å². The standard InChI is InChI=1S/2C57H36N2O2/c1-57(2)46-26-25-42-40-13-5-10-18-53(40)61-56(42)55(46)43-24-21-36(32-47(43)57)58-49-16-8-4-12-38(49)44-29-33(20-27-50(44)58)34-19-23-39-37-11-3-7-15-48(37)59(51(39)30-34)35-22-28-54-45(31-35)41-14-6-9-17-52(41)60-54;1-57(2)46-26-25-42-40-13-5-10-18-53(40)61-56(42)55(46)43-24-21-36(32-47(43)57)59-48-15-7-3-11-37(48)39-23-19-34(30-51(39)59)33-20-27-50-44(29-33)38-12-4-8-16-49(38)58(50)35-22-28-54-45(31-35)41-14-6-9-17-52(41)60-54/h2*3-32H,1-2H3. The third kappa shape index (κ3) is 9.29. The summed E-state index contributed by atoms with van der Waals surface area (Å²) in [5.41, 5.74) is 36.0. The molecule has 572 valence electrons. The van der Waals surface area contributed by atoms with Crippen LogP contribution in [0.2, 0.25) is 0 Å². The van der Waals surface area contributed by atoms with E-state index in [1.54, 1.807) is 0 Å². The molecule has 122 heavy (non-hydrogen) atoms. The molecule has 8 heteroatoms. The second kappa shape index (κ2) is 24.5. The number of nitrogens with zero attached hydrogens (tertiary/aromatic N) is 4. The third-order valence-electron chi connectivity index (χ3n) is 27.4. The maximum atomic E-state index is 6.61.